The molecule has 21 heavy (non-hydrogen) atoms. The Hall–Kier alpha value is -1.64. The van der Waals surface area contributed by atoms with Gasteiger partial charge >= 0.3 is 0 Å². The molecule has 1 N–H and O–H groups in total. The van der Waals surface area contributed by atoms with Gasteiger partial charge in [0.05, 0.1) is 0 Å². The van der Waals surface area contributed by atoms with Gasteiger partial charge in [-0.1, -0.05) is 54.6 Å². The third-order valence-corrected chi connectivity index (χ3v) is 4.10. The van der Waals surface area contributed by atoms with Crippen LogP contribution >= 0.6 is 0 Å². The van der Waals surface area contributed by atoms with Gasteiger partial charge < -0.3 is 5.32 Å². The second kappa shape index (κ2) is 6.42. The summed E-state index contributed by atoms with van der Waals surface area (Å²) in [7, 11) is 0. The summed E-state index contributed by atoms with van der Waals surface area (Å²) in [6, 6.07) is 20.7. The monoisotopic (exact) mass is 280 g/mol. The lowest BCUT2D eigenvalue weighted by Gasteiger charge is -2.36. The molecular formula is C19H24N2. The van der Waals surface area contributed by atoms with Crippen LogP contribution in [0.2, 0.25) is 0 Å². The van der Waals surface area contributed by atoms with Gasteiger partial charge in [0.15, 0.2) is 0 Å². The molecule has 0 spiro atoms. The van der Waals surface area contributed by atoms with Gasteiger partial charge in [-0.3, -0.25) is 4.90 Å². The Labute approximate surface area is 127 Å². The van der Waals surface area contributed by atoms with E-state index in [0.29, 0.717) is 12.1 Å². The number of nitrogens with one attached hydrogen (secondary N) is 1. The van der Waals surface area contributed by atoms with Gasteiger partial charge in [0.25, 0.3) is 0 Å². The molecule has 1 aliphatic heterocycles. The van der Waals surface area contributed by atoms with Crippen molar-refractivity contribution in [1.29, 1.82) is 0 Å². The number of hydrogen-bond donors (Lipinski definition) is 1. The van der Waals surface area contributed by atoms with Crippen LogP contribution in [0.15, 0.2) is 54.6 Å². The molecule has 1 heterocycles. The van der Waals surface area contributed by atoms with Gasteiger partial charge in [-0.05, 0) is 30.5 Å². The Morgan fingerprint density at radius 2 is 1.43 bits per heavy atom. The summed E-state index contributed by atoms with van der Waals surface area (Å²) in [5.74, 6) is 0. The highest BCUT2D eigenvalue weighted by molar-refractivity contribution is 5.63. The molecule has 0 amide bonds. The predicted octanol–water partition coefficient (Wildman–Crippen LogP) is 3.54. The SMILES string of the molecule is CC1CN(Cc2ccc(-c3ccccc3)cc2)CC(C)N1. The fourth-order valence-electron chi connectivity index (χ4n) is 3.26. The first-order chi connectivity index (χ1) is 10.2. The third kappa shape index (κ3) is 3.72. The Balaban J connectivity index is 1.67. The Kier molecular flexibility index (Phi) is 4.37. The zero-order valence-electron chi connectivity index (χ0n) is 12.9. The molecule has 1 fully saturated rings. The van der Waals surface area contributed by atoms with Crippen LogP contribution in [0.3, 0.4) is 0 Å². The van der Waals surface area contributed by atoms with Gasteiger partial charge in [-0.25, -0.2) is 0 Å². The molecule has 2 aromatic rings. The van der Waals surface area contributed by atoms with E-state index < -0.39 is 0 Å². The molecule has 0 radical (unpaired) electrons. The van der Waals surface area contributed by atoms with Crippen LogP contribution in [0.25, 0.3) is 11.1 Å². The molecule has 2 unspecified atom stereocenters. The number of hydrogen-bond acceptors (Lipinski definition) is 2. The van der Waals surface area contributed by atoms with Crippen molar-refractivity contribution in [3.05, 3.63) is 60.2 Å². The predicted molar refractivity (Wildman–Crippen MR) is 89.2 cm³/mol. The van der Waals surface area contributed by atoms with Crippen molar-refractivity contribution < 1.29 is 0 Å². The molecule has 2 nitrogen and oxygen atoms in total. The Morgan fingerprint density at radius 1 is 0.857 bits per heavy atom. The molecular weight excluding hydrogens is 256 g/mol. The molecule has 1 aliphatic rings. The van der Waals surface area contributed by atoms with Crippen LogP contribution in [-0.4, -0.2) is 30.1 Å². The maximum absolute atomic E-state index is 3.58. The van der Waals surface area contributed by atoms with Crippen molar-refractivity contribution in [2.75, 3.05) is 13.1 Å². The molecule has 110 valence electrons. The fraction of sp³-hybridized carbons (Fsp3) is 0.368. The summed E-state index contributed by atoms with van der Waals surface area (Å²) >= 11 is 0. The summed E-state index contributed by atoms with van der Waals surface area (Å²) in [4.78, 5) is 2.54. The number of piperazine rings is 1. The van der Waals surface area contributed by atoms with Crippen molar-refractivity contribution >= 4 is 0 Å². The Bertz CT molecular complexity index is 552. The topological polar surface area (TPSA) is 15.3 Å². The van der Waals surface area contributed by atoms with E-state index in [0.717, 1.165) is 19.6 Å². The van der Waals surface area contributed by atoms with Gasteiger partial charge in [0, 0.05) is 31.7 Å². The minimum absolute atomic E-state index is 0.581. The average Bonchev–Trinajstić information content (AvgIpc) is 2.48. The number of rotatable bonds is 3. The highest BCUT2D eigenvalue weighted by Crippen LogP contribution is 2.20. The molecule has 0 aliphatic carbocycles. The largest absolute Gasteiger partial charge is 0.309 e. The van der Waals surface area contributed by atoms with Crippen molar-refractivity contribution in [2.24, 2.45) is 0 Å². The fourth-order valence-corrected chi connectivity index (χ4v) is 3.26. The average molecular weight is 280 g/mol. The number of nitrogens with zero attached hydrogens (tertiary/aromatic N) is 1. The van der Waals surface area contributed by atoms with Crippen LogP contribution in [0, 0.1) is 0 Å². The summed E-state index contributed by atoms with van der Waals surface area (Å²) < 4.78 is 0. The van der Waals surface area contributed by atoms with Crippen LogP contribution < -0.4 is 5.32 Å². The van der Waals surface area contributed by atoms with E-state index in [1.165, 1.54) is 16.7 Å². The quantitative estimate of drug-likeness (QED) is 0.925. The highest BCUT2D eigenvalue weighted by Gasteiger charge is 2.20. The molecule has 3 rings (SSSR count). The molecule has 2 heteroatoms. The minimum Gasteiger partial charge on any atom is -0.309 e. The first-order valence-electron chi connectivity index (χ1n) is 7.83. The van der Waals surface area contributed by atoms with Crippen LogP contribution in [-0.2, 0) is 6.54 Å². The summed E-state index contributed by atoms with van der Waals surface area (Å²) in [6.45, 7) is 7.84. The lowest BCUT2D eigenvalue weighted by molar-refractivity contribution is 0.166. The van der Waals surface area contributed by atoms with Gasteiger partial charge in [0.1, 0.15) is 0 Å². The van der Waals surface area contributed by atoms with Crippen molar-refractivity contribution in [3.8, 4) is 11.1 Å². The highest BCUT2D eigenvalue weighted by atomic mass is 15.2. The third-order valence-electron chi connectivity index (χ3n) is 4.10. The molecule has 0 bridgehead atoms. The minimum atomic E-state index is 0.581. The van der Waals surface area contributed by atoms with Crippen molar-refractivity contribution in [2.45, 2.75) is 32.5 Å². The second-order valence-corrected chi connectivity index (χ2v) is 6.23. The molecule has 0 aromatic heterocycles. The van der Waals surface area contributed by atoms with Crippen LogP contribution in [0.1, 0.15) is 19.4 Å². The molecule has 2 aromatic carbocycles. The van der Waals surface area contributed by atoms with Gasteiger partial charge in [0.2, 0.25) is 0 Å². The van der Waals surface area contributed by atoms with E-state index in [9.17, 15) is 0 Å². The molecule has 0 saturated carbocycles. The van der Waals surface area contributed by atoms with Crippen LogP contribution in [0.4, 0.5) is 0 Å². The summed E-state index contributed by atoms with van der Waals surface area (Å²) in [5.41, 5.74) is 3.98. The van der Waals surface area contributed by atoms with Crippen LogP contribution in [0.5, 0.6) is 0 Å². The summed E-state index contributed by atoms with van der Waals surface area (Å²) in [6.07, 6.45) is 0. The maximum atomic E-state index is 3.58. The smallest absolute Gasteiger partial charge is 0.0235 e. The second-order valence-electron chi connectivity index (χ2n) is 6.23. The van der Waals surface area contributed by atoms with E-state index in [2.05, 4.69) is 78.7 Å². The van der Waals surface area contributed by atoms with E-state index in [4.69, 9.17) is 0 Å². The van der Waals surface area contributed by atoms with Gasteiger partial charge in [-0.2, -0.15) is 0 Å². The molecule has 2 atom stereocenters. The maximum Gasteiger partial charge on any atom is 0.0235 e. The van der Waals surface area contributed by atoms with Crippen molar-refractivity contribution in [3.63, 3.8) is 0 Å². The Morgan fingerprint density at radius 3 is 2.05 bits per heavy atom. The number of benzene rings is 2. The first-order valence-corrected chi connectivity index (χ1v) is 7.83. The van der Waals surface area contributed by atoms with E-state index in [1.54, 1.807) is 0 Å². The van der Waals surface area contributed by atoms with Gasteiger partial charge in [-0.15, -0.1) is 0 Å². The van der Waals surface area contributed by atoms with E-state index >= 15 is 0 Å². The lowest BCUT2D eigenvalue weighted by Crippen LogP contribution is -2.53. The van der Waals surface area contributed by atoms with E-state index in [-0.39, 0.29) is 0 Å². The first kappa shape index (κ1) is 14.3. The zero-order chi connectivity index (χ0) is 14.7. The summed E-state index contributed by atoms with van der Waals surface area (Å²) in [5, 5.41) is 3.58. The van der Waals surface area contributed by atoms with Crippen molar-refractivity contribution in [1.82, 2.24) is 10.2 Å². The van der Waals surface area contributed by atoms with E-state index in [1.807, 2.05) is 0 Å². The standard InChI is InChI=1S/C19H24N2/c1-15-12-21(13-16(2)20-15)14-17-8-10-19(11-9-17)18-6-4-3-5-7-18/h3-11,15-16,20H,12-14H2,1-2H3. The zero-order valence-corrected chi connectivity index (χ0v) is 12.9. The normalized spacial score (nSPS) is 23.1. The lowest BCUT2D eigenvalue weighted by atomic mass is 10.0. The molecule has 1 saturated heterocycles.